The van der Waals surface area contributed by atoms with Crippen molar-refractivity contribution in [3.63, 3.8) is 0 Å². The molecule has 1 atom stereocenters. The topological polar surface area (TPSA) is 59.2 Å². The van der Waals surface area contributed by atoms with Gasteiger partial charge >= 0.3 is 0 Å². The molecule has 1 fully saturated rings. The number of hydrogen-bond donors (Lipinski definition) is 0. The van der Waals surface area contributed by atoms with Gasteiger partial charge in [-0.25, -0.2) is 13.2 Å². The first-order valence-electron chi connectivity index (χ1n) is 8.86. The lowest BCUT2D eigenvalue weighted by molar-refractivity contribution is -0.118. The van der Waals surface area contributed by atoms with E-state index in [-0.39, 0.29) is 30.0 Å². The number of rotatable bonds is 3. The number of halogens is 3. The van der Waals surface area contributed by atoms with E-state index < -0.39 is 11.6 Å². The summed E-state index contributed by atoms with van der Waals surface area (Å²) >= 11 is 0. The van der Waals surface area contributed by atoms with Gasteiger partial charge in [0.05, 0.1) is 0 Å². The molecule has 1 aliphatic rings. The summed E-state index contributed by atoms with van der Waals surface area (Å²) in [6.07, 6.45) is 1.42. The minimum atomic E-state index is -0.992. The number of carbonyl (C=O) groups is 1. The minimum Gasteiger partial charge on any atom is -0.334 e. The maximum atomic E-state index is 13.5. The number of anilines is 1. The molecule has 2 heterocycles. The van der Waals surface area contributed by atoms with Crippen LogP contribution in [0, 0.1) is 17.5 Å². The van der Waals surface area contributed by atoms with Gasteiger partial charge in [-0.1, -0.05) is 5.16 Å². The first-order valence-corrected chi connectivity index (χ1v) is 8.86. The number of carbonyl (C=O) groups excluding carboxylic acids is 1. The van der Waals surface area contributed by atoms with Crippen molar-refractivity contribution in [1.29, 1.82) is 0 Å². The Morgan fingerprint density at radius 2 is 1.82 bits per heavy atom. The molecule has 1 unspecified atom stereocenters. The highest BCUT2D eigenvalue weighted by atomic mass is 19.2. The van der Waals surface area contributed by atoms with Crippen LogP contribution >= 0.6 is 0 Å². The van der Waals surface area contributed by atoms with Crippen LogP contribution in [0.5, 0.6) is 0 Å². The molecule has 1 amide bonds. The third kappa shape index (κ3) is 3.62. The van der Waals surface area contributed by atoms with Crippen LogP contribution in [0.2, 0.25) is 0 Å². The van der Waals surface area contributed by atoms with Gasteiger partial charge in [-0.3, -0.25) is 4.79 Å². The average Bonchev–Trinajstić information content (AvgIpc) is 3.09. The summed E-state index contributed by atoms with van der Waals surface area (Å²) < 4.78 is 45.0. The van der Waals surface area contributed by atoms with Gasteiger partial charge in [-0.15, -0.1) is 0 Å². The molecule has 0 bridgehead atoms. The molecule has 5 nitrogen and oxygen atoms in total. The molecule has 1 aromatic heterocycles. The summed E-state index contributed by atoms with van der Waals surface area (Å²) in [4.78, 5) is 18.5. The summed E-state index contributed by atoms with van der Waals surface area (Å²) in [6.45, 7) is 0.392. The molecule has 2 aromatic carbocycles. The summed E-state index contributed by atoms with van der Waals surface area (Å²) in [5, 5.41) is 3.98. The zero-order valence-electron chi connectivity index (χ0n) is 14.7. The van der Waals surface area contributed by atoms with Crippen molar-refractivity contribution in [3.05, 3.63) is 65.7 Å². The molecule has 0 N–H and O–H groups in total. The van der Waals surface area contributed by atoms with Crippen LogP contribution in [0.3, 0.4) is 0 Å². The van der Waals surface area contributed by atoms with Crippen LogP contribution in [-0.2, 0) is 4.79 Å². The molecule has 0 aliphatic carbocycles. The van der Waals surface area contributed by atoms with Gasteiger partial charge in [0.25, 0.3) is 5.89 Å². The van der Waals surface area contributed by atoms with Crippen molar-refractivity contribution < 1.29 is 22.5 Å². The van der Waals surface area contributed by atoms with Crippen LogP contribution < -0.4 is 4.90 Å². The Balaban J connectivity index is 1.52. The fraction of sp³-hybridized carbons (Fsp3) is 0.250. The Labute approximate surface area is 158 Å². The molecule has 0 saturated carbocycles. The second-order valence-electron chi connectivity index (χ2n) is 6.65. The summed E-state index contributed by atoms with van der Waals surface area (Å²) in [7, 11) is 0. The number of amides is 1. The SMILES string of the molecule is O=C1CC(c2noc(-c3ccc(F)cc3)n2)CCCN1c1ccc(F)c(F)c1. The highest BCUT2D eigenvalue weighted by Gasteiger charge is 2.29. The molecule has 8 heteroatoms. The number of hydrogen-bond acceptors (Lipinski definition) is 4. The largest absolute Gasteiger partial charge is 0.334 e. The lowest BCUT2D eigenvalue weighted by Crippen LogP contribution is -2.30. The first kappa shape index (κ1) is 18.2. The Bertz CT molecular complexity index is 1000. The average molecular weight is 387 g/mol. The van der Waals surface area contributed by atoms with E-state index in [0.29, 0.717) is 36.5 Å². The molecule has 0 spiro atoms. The van der Waals surface area contributed by atoms with Gasteiger partial charge in [-0.05, 0) is 49.2 Å². The van der Waals surface area contributed by atoms with E-state index in [9.17, 15) is 18.0 Å². The maximum absolute atomic E-state index is 13.5. The third-order valence-electron chi connectivity index (χ3n) is 4.77. The predicted octanol–water partition coefficient (Wildman–Crippen LogP) is 4.45. The van der Waals surface area contributed by atoms with Crippen molar-refractivity contribution in [2.24, 2.45) is 0 Å². The Morgan fingerprint density at radius 1 is 1.04 bits per heavy atom. The van der Waals surface area contributed by atoms with Crippen molar-refractivity contribution >= 4 is 11.6 Å². The number of nitrogens with zero attached hydrogens (tertiary/aromatic N) is 3. The Hall–Kier alpha value is -3.16. The Kier molecular flexibility index (Phi) is 4.85. The van der Waals surface area contributed by atoms with Gasteiger partial charge in [-0.2, -0.15) is 4.98 Å². The summed E-state index contributed by atoms with van der Waals surface area (Å²) in [5.41, 5.74) is 0.910. The second-order valence-corrected chi connectivity index (χ2v) is 6.65. The third-order valence-corrected chi connectivity index (χ3v) is 4.77. The van der Waals surface area contributed by atoms with Crippen LogP contribution in [0.4, 0.5) is 18.9 Å². The zero-order valence-corrected chi connectivity index (χ0v) is 14.7. The van der Waals surface area contributed by atoms with E-state index in [2.05, 4.69) is 10.1 Å². The first-order chi connectivity index (χ1) is 13.5. The molecule has 1 saturated heterocycles. The van der Waals surface area contributed by atoms with Crippen LogP contribution in [-0.4, -0.2) is 22.6 Å². The zero-order chi connectivity index (χ0) is 19.7. The quantitative estimate of drug-likeness (QED) is 0.666. The lowest BCUT2D eigenvalue weighted by Gasteiger charge is -2.20. The number of aromatic nitrogens is 2. The van der Waals surface area contributed by atoms with Crippen LogP contribution in [0.1, 0.15) is 31.0 Å². The second kappa shape index (κ2) is 7.46. The van der Waals surface area contributed by atoms with E-state index in [1.165, 1.54) is 35.2 Å². The number of benzene rings is 2. The van der Waals surface area contributed by atoms with Gasteiger partial charge in [0.15, 0.2) is 17.5 Å². The highest BCUT2D eigenvalue weighted by Crippen LogP contribution is 2.31. The monoisotopic (exact) mass is 387 g/mol. The normalized spacial score (nSPS) is 17.6. The van der Waals surface area contributed by atoms with Crippen LogP contribution in [0.25, 0.3) is 11.5 Å². The fourth-order valence-corrected chi connectivity index (χ4v) is 3.30. The summed E-state index contributed by atoms with van der Waals surface area (Å²) in [6, 6.07) is 9.09. The van der Waals surface area contributed by atoms with Gasteiger partial charge in [0.2, 0.25) is 5.91 Å². The van der Waals surface area contributed by atoms with E-state index in [4.69, 9.17) is 4.52 Å². The van der Waals surface area contributed by atoms with Crippen molar-refractivity contribution in [2.75, 3.05) is 11.4 Å². The van der Waals surface area contributed by atoms with E-state index >= 15 is 0 Å². The minimum absolute atomic E-state index is 0.126. The molecule has 1 aliphatic heterocycles. The predicted molar refractivity (Wildman–Crippen MR) is 95.0 cm³/mol. The molecule has 144 valence electrons. The van der Waals surface area contributed by atoms with E-state index in [1.54, 1.807) is 0 Å². The van der Waals surface area contributed by atoms with E-state index in [1.807, 2.05) is 0 Å². The van der Waals surface area contributed by atoms with Gasteiger partial charge < -0.3 is 9.42 Å². The van der Waals surface area contributed by atoms with E-state index in [0.717, 1.165) is 12.1 Å². The van der Waals surface area contributed by atoms with Gasteiger partial charge in [0, 0.05) is 36.2 Å². The Morgan fingerprint density at radius 3 is 2.57 bits per heavy atom. The molecule has 0 radical (unpaired) electrons. The van der Waals surface area contributed by atoms with Gasteiger partial charge in [0.1, 0.15) is 5.82 Å². The molecule has 4 rings (SSSR count). The summed E-state index contributed by atoms with van der Waals surface area (Å²) in [5.74, 6) is -2.13. The fourth-order valence-electron chi connectivity index (χ4n) is 3.30. The van der Waals surface area contributed by atoms with Crippen LogP contribution in [0.15, 0.2) is 47.0 Å². The molecule has 28 heavy (non-hydrogen) atoms. The van der Waals surface area contributed by atoms with Crippen molar-refractivity contribution in [2.45, 2.75) is 25.2 Å². The lowest BCUT2D eigenvalue weighted by atomic mass is 10.00. The smallest absolute Gasteiger partial charge is 0.257 e. The van der Waals surface area contributed by atoms with Crippen molar-refractivity contribution in [1.82, 2.24) is 10.1 Å². The highest BCUT2D eigenvalue weighted by molar-refractivity contribution is 5.94. The molecule has 3 aromatic rings. The standard InChI is InChI=1S/C20H16F3N3O2/c21-14-5-3-12(4-6-14)20-24-19(25-28-20)13-2-1-9-26(18(27)10-13)15-7-8-16(22)17(23)11-15/h3-8,11,13H,1-2,9-10H2. The maximum Gasteiger partial charge on any atom is 0.257 e. The molecular formula is C20H16F3N3O2. The van der Waals surface area contributed by atoms with Crippen molar-refractivity contribution in [3.8, 4) is 11.5 Å². The molecular weight excluding hydrogens is 371 g/mol.